The maximum atomic E-state index is 11.9. The Morgan fingerprint density at radius 2 is 2.05 bits per heavy atom. The first-order valence-electron chi connectivity index (χ1n) is 6.78. The van der Waals surface area contributed by atoms with Gasteiger partial charge in [-0.05, 0) is 18.4 Å². The molecule has 1 unspecified atom stereocenters. The standard InChI is InChI=1S/C15H19NO4/c1-19-15(18)20-13(12-7-3-2-4-8-12)11-16-10-6-5-9-14(16)17/h2-4,7-8,13H,5-6,9-11H2,1H3. The average Bonchev–Trinajstić information content (AvgIpc) is 2.49. The average molecular weight is 277 g/mol. The molecule has 1 saturated heterocycles. The number of carbonyl (C=O) groups is 2. The van der Waals surface area contributed by atoms with E-state index >= 15 is 0 Å². The van der Waals surface area contributed by atoms with Crippen LogP contribution in [0.2, 0.25) is 0 Å². The van der Waals surface area contributed by atoms with Crippen LogP contribution in [0.15, 0.2) is 30.3 Å². The molecule has 0 aliphatic carbocycles. The third-order valence-electron chi connectivity index (χ3n) is 3.38. The number of nitrogens with zero attached hydrogens (tertiary/aromatic N) is 1. The molecule has 0 N–H and O–H groups in total. The zero-order valence-electron chi connectivity index (χ0n) is 11.6. The minimum Gasteiger partial charge on any atom is -0.438 e. The fourth-order valence-corrected chi connectivity index (χ4v) is 2.30. The lowest BCUT2D eigenvalue weighted by Crippen LogP contribution is -2.39. The van der Waals surface area contributed by atoms with Gasteiger partial charge in [-0.15, -0.1) is 0 Å². The summed E-state index contributed by atoms with van der Waals surface area (Å²) in [6, 6.07) is 9.40. The molecule has 1 aliphatic heterocycles. The number of piperidine rings is 1. The van der Waals surface area contributed by atoms with E-state index in [9.17, 15) is 9.59 Å². The van der Waals surface area contributed by atoms with Gasteiger partial charge in [0.2, 0.25) is 5.91 Å². The number of carbonyl (C=O) groups excluding carboxylic acids is 2. The van der Waals surface area contributed by atoms with Crippen molar-refractivity contribution in [3.8, 4) is 0 Å². The monoisotopic (exact) mass is 277 g/mol. The van der Waals surface area contributed by atoms with Gasteiger partial charge in [0.1, 0.15) is 6.10 Å². The second-order valence-corrected chi connectivity index (χ2v) is 4.77. The summed E-state index contributed by atoms with van der Waals surface area (Å²) in [6.07, 6.45) is 1.27. The molecule has 1 aliphatic rings. The van der Waals surface area contributed by atoms with Gasteiger partial charge < -0.3 is 14.4 Å². The van der Waals surface area contributed by atoms with Gasteiger partial charge in [-0.1, -0.05) is 30.3 Å². The Balaban J connectivity index is 2.09. The molecule has 0 spiro atoms. The van der Waals surface area contributed by atoms with Crippen LogP contribution in [0.1, 0.15) is 30.9 Å². The van der Waals surface area contributed by atoms with Gasteiger partial charge in [-0.2, -0.15) is 0 Å². The zero-order valence-corrected chi connectivity index (χ0v) is 11.6. The fourth-order valence-electron chi connectivity index (χ4n) is 2.30. The number of benzene rings is 1. The highest BCUT2D eigenvalue weighted by atomic mass is 16.7. The van der Waals surface area contributed by atoms with E-state index in [1.54, 1.807) is 4.90 Å². The summed E-state index contributed by atoms with van der Waals surface area (Å²) in [7, 11) is 1.27. The molecular weight excluding hydrogens is 258 g/mol. The van der Waals surface area contributed by atoms with E-state index in [1.165, 1.54) is 7.11 Å². The van der Waals surface area contributed by atoms with Crippen LogP contribution < -0.4 is 0 Å². The van der Waals surface area contributed by atoms with Crippen molar-refractivity contribution >= 4 is 12.1 Å². The van der Waals surface area contributed by atoms with Gasteiger partial charge in [0, 0.05) is 13.0 Å². The highest BCUT2D eigenvalue weighted by molar-refractivity contribution is 5.76. The summed E-state index contributed by atoms with van der Waals surface area (Å²) in [4.78, 5) is 25.0. The van der Waals surface area contributed by atoms with Crippen molar-refractivity contribution in [1.82, 2.24) is 4.90 Å². The largest absolute Gasteiger partial charge is 0.508 e. The van der Waals surface area contributed by atoms with Crippen LogP contribution in [0.3, 0.4) is 0 Å². The lowest BCUT2D eigenvalue weighted by atomic mass is 10.1. The van der Waals surface area contributed by atoms with Gasteiger partial charge in [0.15, 0.2) is 0 Å². The van der Waals surface area contributed by atoms with Crippen LogP contribution in [0.4, 0.5) is 4.79 Å². The van der Waals surface area contributed by atoms with E-state index in [2.05, 4.69) is 4.74 Å². The predicted molar refractivity (Wildman–Crippen MR) is 73.1 cm³/mol. The van der Waals surface area contributed by atoms with Crippen LogP contribution in [-0.2, 0) is 14.3 Å². The third-order valence-corrected chi connectivity index (χ3v) is 3.38. The van der Waals surface area contributed by atoms with E-state index in [4.69, 9.17) is 4.74 Å². The molecule has 2 rings (SSSR count). The van der Waals surface area contributed by atoms with Crippen LogP contribution in [0.25, 0.3) is 0 Å². The number of hydrogen-bond donors (Lipinski definition) is 0. The van der Waals surface area contributed by atoms with Crippen molar-refractivity contribution in [3.05, 3.63) is 35.9 Å². The maximum Gasteiger partial charge on any atom is 0.508 e. The number of methoxy groups -OCH3 is 1. The second-order valence-electron chi connectivity index (χ2n) is 4.77. The molecule has 1 heterocycles. The molecule has 1 atom stereocenters. The molecule has 5 nitrogen and oxygen atoms in total. The minimum absolute atomic E-state index is 0.116. The van der Waals surface area contributed by atoms with Gasteiger partial charge in [-0.25, -0.2) is 4.79 Å². The zero-order chi connectivity index (χ0) is 14.4. The van der Waals surface area contributed by atoms with Gasteiger partial charge in [0.05, 0.1) is 13.7 Å². The fraction of sp³-hybridized carbons (Fsp3) is 0.467. The molecule has 0 saturated carbocycles. The van der Waals surface area contributed by atoms with E-state index in [0.29, 0.717) is 19.5 Å². The van der Waals surface area contributed by atoms with Crippen LogP contribution in [0, 0.1) is 0 Å². The molecule has 1 amide bonds. The molecule has 20 heavy (non-hydrogen) atoms. The van der Waals surface area contributed by atoms with Crippen LogP contribution in [0.5, 0.6) is 0 Å². The molecule has 1 aromatic rings. The van der Waals surface area contributed by atoms with Crippen LogP contribution in [-0.4, -0.2) is 37.2 Å². The number of likely N-dealkylation sites (tertiary alicyclic amines) is 1. The first kappa shape index (κ1) is 14.4. The Morgan fingerprint density at radius 3 is 2.70 bits per heavy atom. The van der Waals surface area contributed by atoms with Gasteiger partial charge in [-0.3, -0.25) is 4.79 Å². The Kier molecular flexibility index (Phi) is 4.98. The minimum atomic E-state index is -0.733. The van der Waals surface area contributed by atoms with E-state index < -0.39 is 12.3 Å². The Bertz CT molecular complexity index is 460. The SMILES string of the molecule is COC(=O)OC(CN1CCCCC1=O)c1ccccc1. The molecule has 0 bridgehead atoms. The Hall–Kier alpha value is -2.04. The summed E-state index contributed by atoms with van der Waals surface area (Å²) >= 11 is 0. The number of hydrogen-bond acceptors (Lipinski definition) is 4. The molecule has 0 radical (unpaired) electrons. The molecular formula is C15H19NO4. The molecule has 1 aromatic carbocycles. The lowest BCUT2D eigenvalue weighted by molar-refractivity contribution is -0.135. The number of ether oxygens (including phenoxy) is 2. The van der Waals surface area contributed by atoms with E-state index in [-0.39, 0.29) is 5.91 Å². The smallest absolute Gasteiger partial charge is 0.438 e. The molecule has 5 heteroatoms. The first-order valence-corrected chi connectivity index (χ1v) is 6.78. The summed E-state index contributed by atoms with van der Waals surface area (Å²) in [5.74, 6) is 0.116. The van der Waals surface area contributed by atoms with Crippen molar-refractivity contribution in [2.75, 3.05) is 20.2 Å². The molecule has 0 aromatic heterocycles. The van der Waals surface area contributed by atoms with E-state index in [0.717, 1.165) is 18.4 Å². The van der Waals surface area contributed by atoms with Crippen LogP contribution >= 0.6 is 0 Å². The van der Waals surface area contributed by atoms with Crippen molar-refractivity contribution in [1.29, 1.82) is 0 Å². The second kappa shape index (κ2) is 6.93. The summed E-state index contributed by atoms with van der Waals surface area (Å²) in [5.41, 5.74) is 0.858. The molecule has 1 fully saturated rings. The number of amides is 1. The highest BCUT2D eigenvalue weighted by Crippen LogP contribution is 2.22. The molecule has 108 valence electrons. The summed E-state index contributed by atoms with van der Waals surface area (Å²) < 4.78 is 9.84. The van der Waals surface area contributed by atoms with Crippen molar-refractivity contribution in [2.45, 2.75) is 25.4 Å². The highest BCUT2D eigenvalue weighted by Gasteiger charge is 2.25. The van der Waals surface area contributed by atoms with Crippen molar-refractivity contribution < 1.29 is 19.1 Å². The topological polar surface area (TPSA) is 55.8 Å². The lowest BCUT2D eigenvalue weighted by Gasteiger charge is -2.30. The Labute approximate surface area is 118 Å². The van der Waals surface area contributed by atoms with Crippen molar-refractivity contribution in [2.24, 2.45) is 0 Å². The number of rotatable bonds is 4. The van der Waals surface area contributed by atoms with E-state index in [1.807, 2.05) is 30.3 Å². The Morgan fingerprint density at radius 1 is 1.30 bits per heavy atom. The van der Waals surface area contributed by atoms with Crippen molar-refractivity contribution in [3.63, 3.8) is 0 Å². The summed E-state index contributed by atoms with van der Waals surface area (Å²) in [6.45, 7) is 1.09. The van der Waals surface area contributed by atoms with Gasteiger partial charge >= 0.3 is 6.16 Å². The quantitative estimate of drug-likeness (QED) is 0.794. The third kappa shape index (κ3) is 3.73. The first-order chi connectivity index (χ1) is 9.70. The predicted octanol–water partition coefficient (Wildman–Crippen LogP) is 2.52. The summed E-state index contributed by atoms with van der Waals surface area (Å²) in [5, 5.41) is 0. The van der Waals surface area contributed by atoms with Gasteiger partial charge in [0.25, 0.3) is 0 Å². The normalized spacial score (nSPS) is 16.6. The maximum absolute atomic E-state index is 11.9.